The first-order chi connectivity index (χ1) is 13.1. The number of carbonyl (C=O) groups is 1. The molecule has 134 valence electrons. The molecule has 0 saturated carbocycles. The molecule has 4 aromatic rings. The fourth-order valence-corrected chi connectivity index (χ4v) is 2.80. The van der Waals surface area contributed by atoms with Crippen molar-refractivity contribution >= 4 is 23.3 Å². The Labute approximate surface area is 154 Å². The number of methoxy groups -OCH3 is 1. The highest BCUT2D eigenvalue weighted by Crippen LogP contribution is 2.24. The third kappa shape index (κ3) is 3.30. The van der Waals surface area contributed by atoms with Crippen molar-refractivity contribution in [3.63, 3.8) is 0 Å². The highest BCUT2D eigenvalue weighted by molar-refractivity contribution is 5.89. The first kappa shape index (κ1) is 16.6. The number of ether oxygens (including phenoxy) is 1. The van der Waals surface area contributed by atoms with Gasteiger partial charge in [0.25, 0.3) is 0 Å². The summed E-state index contributed by atoms with van der Waals surface area (Å²) in [5.74, 6) is 0.187. The second-order valence-corrected chi connectivity index (χ2v) is 5.86. The fraction of sp³-hybridized carbons (Fsp3) is 0.0500. The zero-order chi connectivity index (χ0) is 18.8. The van der Waals surface area contributed by atoms with E-state index >= 15 is 0 Å². The van der Waals surface area contributed by atoms with Crippen molar-refractivity contribution in [3.05, 3.63) is 72.3 Å². The predicted octanol–water partition coefficient (Wildman–Crippen LogP) is 3.85. The summed E-state index contributed by atoms with van der Waals surface area (Å²) in [7, 11) is 1.63. The van der Waals surface area contributed by atoms with E-state index < -0.39 is 5.97 Å². The molecule has 0 atom stereocenters. The van der Waals surface area contributed by atoms with Crippen molar-refractivity contribution in [3.8, 4) is 17.0 Å². The normalized spacial score (nSPS) is 10.7. The average Bonchev–Trinajstić information content (AvgIpc) is 3.10. The zero-order valence-corrected chi connectivity index (χ0v) is 14.5. The van der Waals surface area contributed by atoms with Gasteiger partial charge >= 0.3 is 5.97 Å². The minimum absolute atomic E-state index is 0.197. The van der Waals surface area contributed by atoms with E-state index in [9.17, 15) is 4.79 Å². The van der Waals surface area contributed by atoms with Crippen molar-refractivity contribution < 1.29 is 14.6 Å². The molecule has 0 bridgehead atoms. The standard InChI is InChI=1S/C20H16N4O3/c1-27-16-10-8-13(9-11-16)17-6-3-7-18-22-20(23-24(17)18)21-15-5-2-4-14(12-15)19(25)26/h2-12H,1H3,(H,21,23)(H,25,26). The van der Waals surface area contributed by atoms with Crippen LogP contribution >= 0.6 is 0 Å². The molecule has 27 heavy (non-hydrogen) atoms. The minimum atomic E-state index is -0.983. The van der Waals surface area contributed by atoms with E-state index in [1.54, 1.807) is 29.8 Å². The summed E-state index contributed by atoms with van der Waals surface area (Å²) in [5.41, 5.74) is 3.35. The van der Waals surface area contributed by atoms with Gasteiger partial charge in [0.1, 0.15) is 5.75 Å². The van der Waals surface area contributed by atoms with Gasteiger partial charge in [-0.3, -0.25) is 0 Å². The molecule has 0 unspecified atom stereocenters. The number of anilines is 2. The Kier molecular flexibility index (Phi) is 4.18. The number of nitrogens with one attached hydrogen (secondary N) is 1. The second-order valence-electron chi connectivity index (χ2n) is 5.86. The number of benzene rings is 2. The quantitative estimate of drug-likeness (QED) is 0.562. The van der Waals surface area contributed by atoms with E-state index in [2.05, 4.69) is 15.4 Å². The van der Waals surface area contributed by atoms with Crippen molar-refractivity contribution in [2.45, 2.75) is 0 Å². The van der Waals surface area contributed by atoms with Gasteiger partial charge < -0.3 is 15.2 Å². The number of aromatic nitrogens is 3. The van der Waals surface area contributed by atoms with Crippen molar-refractivity contribution in [2.75, 3.05) is 12.4 Å². The first-order valence-corrected chi connectivity index (χ1v) is 8.24. The lowest BCUT2D eigenvalue weighted by Crippen LogP contribution is -1.99. The van der Waals surface area contributed by atoms with E-state index in [1.807, 2.05) is 42.5 Å². The Balaban J connectivity index is 1.70. The SMILES string of the molecule is COc1ccc(-c2cccc3nc(Nc4cccc(C(=O)O)c4)nn23)cc1. The summed E-state index contributed by atoms with van der Waals surface area (Å²) in [6.45, 7) is 0. The molecular weight excluding hydrogens is 344 g/mol. The van der Waals surface area contributed by atoms with Gasteiger partial charge in [0.2, 0.25) is 5.95 Å². The van der Waals surface area contributed by atoms with Crippen LogP contribution in [0.2, 0.25) is 0 Å². The summed E-state index contributed by atoms with van der Waals surface area (Å²) in [6.07, 6.45) is 0. The van der Waals surface area contributed by atoms with Crippen LogP contribution in [0.5, 0.6) is 5.75 Å². The Bertz CT molecular complexity index is 1120. The number of carboxylic acids is 1. The summed E-state index contributed by atoms with van der Waals surface area (Å²) in [5, 5.41) is 16.7. The third-order valence-corrected chi connectivity index (χ3v) is 4.11. The number of carboxylic acid groups (broad SMARTS) is 1. The maximum atomic E-state index is 11.1. The van der Waals surface area contributed by atoms with Crippen molar-refractivity contribution in [1.29, 1.82) is 0 Å². The summed E-state index contributed by atoms with van der Waals surface area (Å²) in [4.78, 5) is 15.6. The van der Waals surface area contributed by atoms with E-state index in [4.69, 9.17) is 9.84 Å². The van der Waals surface area contributed by atoms with Crippen LogP contribution in [0.25, 0.3) is 16.9 Å². The van der Waals surface area contributed by atoms with Gasteiger partial charge in [-0.05, 0) is 54.6 Å². The molecule has 7 nitrogen and oxygen atoms in total. The number of fused-ring (bicyclic) bond motifs is 1. The van der Waals surface area contributed by atoms with Crippen LogP contribution in [0.4, 0.5) is 11.6 Å². The molecule has 0 aliphatic carbocycles. The van der Waals surface area contributed by atoms with Gasteiger partial charge in [0.15, 0.2) is 5.65 Å². The average molecular weight is 360 g/mol. The number of nitrogens with zero attached hydrogens (tertiary/aromatic N) is 3. The van der Waals surface area contributed by atoms with Crippen molar-refractivity contribution in [1.82, 2.24) is 14.6 Å². The minimum Gasteiger partial charge on any atom is -0.497 e. The van der Waals surface area contributed by atoms with Gasteiger partial charge in [0.05, 0.1) is 18.4 Å². The molecule has 2 heterocycles. The van der Waals surface area contributed by atoms with Crippen LogP contribution in [-0.2, 0) is 0 Å². The smallest absolute Gasteiger partial charge is 0.335 e. The number of hydrogen-bond acceptors (Lipinski definition) is 5. The highest BCUT2D eigenvalue weighted by Gasteiger charge is 2.10. The molecule has 0 aliphatic heterocycles. The van der Waals surface area contributed by atoms with E-state index in [-0.39, 0.29) is 5.56 Å². The van der Waals surface area contributed by atoms with Crippen LogP contribution < -0.4 is 10.1 Å². The van der Waals surface area contributed by atoms with Gasteiger partial charge in [0, 0.05) is 11.3 Å². The lowest BCUT2D eigenvalue weighted by atomic mass is 10.1. The Morgan fingerprint density at radius 3 is 2.59 bits per heavy atom. The number of rotatable bonds is 5. The molecule has 7 heteroatoms. The molecule has 0 spiro atoms. The predicted molar refractivity (Wildman–Crippen MR) is 102 cm³/mol. The largest absolute Gasteiger partial charge is 0.497 e. The monoisotopic (exact) mass is 360 g/mol. The first-order valence-electron chi connectivity index (χ1n) is 8.24. The van der Waals surface area contributed by atoms with Gasteiger partial charge in [-0.15, -0.1) is 5.10 Å². The Hall–Kier alpha value is -3.87. The molecule has 0 radical (unpaired) electrons. The van der Waals surface area contributed by atoms with Gasteiger partial charge in [-0.1, -0.05) is 12.1 Å². The highest BCUT2D eigenvalue weighted by atomic mass is 16.5. The molecule has 2 aromatic heterocycles. The zero-order valence-electron chi connectivity index (χ0n) is 14.5. The molecule has 0 fully saturated rings. The topological polar surface area (TPSA) is 88.8 Å². The molecule has 0 saturated heterocycles. The molecule has 2 N–H and O–H groups in total. The van der Waals surface area contributed by atoms with E-state index in [1.165, 1.54) is 6.07 Å². The lowest BCUT2D eigenvalue weighted by molar-refractivity contribution is 0.0697. The molecule has 0 amide bonds. The van der Waals surface area contributed by atoms with E-state index in [0.717, 1.165) is 17.0 Å². The molecule has 2 aromatic carbocycles. The molecule has 0 aliphatic rings. The van der Waals surface area contributed by atoms with Gasteiger partial charge in [-0.25, -0.2) is 9.31 Å². The van der Waals surface area contributed by atoms with Crippen molar-refractivity contribution in [2.24, 2.45) is 0 Å². The van der Waals surface area contributed by atoms with Crippen LogP contribution in [0.15, 0.2) is 66.7 Å². The third-order valence-electron chi connectivity index (χ3n) is 4.11. The summed E-state index contributed by atoms with van der Waals surface area (Å²) >= 11 is 0. The fourth-order valence-electron chi connectivity index (χ4n) is 2.80. The van der Waals surface area contributed by atoms with Crippen LogP contribution in [-0.4, -0.2) is 32.8 Å². The summed E-state index contributed by atoms with van der Waals surface area (Å²) in [6, 6.07) is 19.9. The molecular formula is C20H16N4O3. The van der Waals surface area contributed by atoms with Gasteiger partial charge in [-0.2, -0.15) is 4.98 Å². The molecule has 4 rings (SSSR count). The lowest BCUT2D eigenvalue weighted by Gasteiger charge is -2.05. The van der Waals surface area contributed by atoms with E-state index in [0.29, 0.717) is 17.3 Å². The summed E-state index contributed by atoms with van der Waals surface area (Å²) < 4.78 is 6.94. The number of aromatic carboxylic acids is 1. The number of hydrogen-bond donors (Lipinski definition) is 2. The van der Waals surface area contributed by atoms with Crippen LogP contribution in [0, 0.1) is 0 Å². The Morgan fingerprint density at radius 1 is 1.07 bits per heavy atom. The number of pyridine rings is 1. The van der Waals surface area contributed by atoms with Crippen LogP contribution in [0.3, 0.4) is 0 Å². The maximum Gasteiger partial charge on any atom is 0.335 e. The second kappa shape index (κ2) is 6.80. The Morgan fingerprint density at radius 2 is 1.85 bits per heavy atom. The van der Waals surface area contributed by atoms with Crippen LogP contribution in [0.1, 0.15) is 10.4 Å². The maximum absolute atomic E-state index is 11.1.